The molecule has 2 rings (SSSR count). The lowest BCUT2D eigenvalue weighted by Crippen LogP contribution is -1.96. The van der Waals surface area contributed by atoms with Gasteiger partial charge in [-0.2, -0.15) is 0 Å². The minimum Gasteiger partial charge on any atom is -0.497 e. The van der Waals surface area contributed by atoms with E-state index in [9.17, 15) is 4.79 Å². The molecule has 5 heteroatoms. The highest BCUT2D eigenvalue weighted by molar-refractivity contribution is 5.91. The van der Waals surface area contributed by atoms with Crippen molar-refractivity contribution in [1.29, 1.82) is 0 Å². The Morgan fingerprint density at radius 2 is 2.06 bits per heavy atom. The number of aromatic carboxylic acids is 1. The SMILES string of the molecule is COc1ccc(-c2ncoc2C(=O)O)cc1. The van der Waals surface area contributed by atoms with E-state index in [0.717, 1.165) is 6.39 Å². The number of nitrogens with zero attached hydrogens (tertiary/aromatic N) is 1. The van der Waals surface area contributed by atoms with Crippen LogP contribution in [-0.2, 0) is 0 Å². The van der Waals surface area contributed by atoms with E-state index in [4.69, 9.17) is 14.3 Å². The van der Waals surface area contributed by atoms with E-state index in [0.29, 0.717) is 17.0 Å². The van der Waals surface area contributed by atoms with Crippen LogP contribution in [0.3, 0.4) is 0 Å². The molecule has 0 saturated carbocycles. The van der Waals surface area contributed by atoms with Gasteiger partial charge in [-0.3, -0.25) is 0 Å². The maximum atomic E-state index is 10.8. The molecule has 0 unspecified atom stereocenters. The van der Waals surface area contributed by atoms with Crippen molar-refractivity contribution in [3.05, 3.63) is 36.4 Å². The van der Waals surface area contributed by atoms with Crippen LogP contribution in [0.15, 0.2) is 35.1 Å². The summed E-state index contributed by atoms with van der Waals surface area (Å²) in [5.74, 6) is -0.599. The monoisotopic (exact) mass is 219 g/mol. The number of hydrogen-bond donors (Lipinski definition) is 1. The van der Waals surface area contributed by atoms with Gasteiger partial charge in [-0.05, 0) is 24.3 Å². The summed E-state index contributed by atoms with van der Waals surface area (Å²) in [6.07, 6.45) is 1.11. The van der Waals surface area contributed by atoms with Gasteiger partial charge in [0.05, 0.1) is 7.11 Å². The molecule has 0 aliphatic heterocycles. The highest BCUT2D eigenvalue weighted by Crippen LogP contribution is 2.24. The summed E-state index contributed by atoms with van der Waals surface area (Å²) in [5.41, 5.74) is 0.988. The molecule has 0 radical (unpaired) electrons. The number of rotatable bonds is 3. The van der Waals surface area contributed by atoms with Crippen molar-refractivity contribution in [2.24, 2.45) is 0 Å². The van der Waals surface area contributed by atoms with Crippen LogP contribution >= 0.6 is 0 Å². The molecule has 1 aromatic carbocycles. The number of benzene rings is 1. The van der Waals surface area contributed by atoms with Crippen LogP contribution < -0.4 is 4.74 Å². The van der Waals surface area contributed by atoms with Crippen molar-refractivity contribution in [3.63, 3.8) is 0 Å². The summed E-state index contributed by atoms with van der Waals surface area (Å²) >= 11 is 0. The summed E-state index contributed by atoms with van der Waals surface area (Å²) in [6, 6.07) is 6.91. The second-order valence-electron chi connectivity index (χ2n) is 3.06. The Morgan fingerprint density at radius 1 is 1.38 bits per heavy atom. The minimum atomic E-state index is -1.14. The van der Waals surface area contributed by atoms with Gasteiger partial charge >= 0.3 is 5.97 Å². The zero-order valence-electron chi connectivity index (χ0n) is 8.51. The standard InChI is InChI=1S/C11H9NO4/c1-15-8-4-2-7(3-5-8)9-10(11(13)14)16-6-12-9/h2-6H,1H3,(H,13,14). The number of oxazole rings is 1. The lowest BCUT2D eigenvalue weighted by Gasteiger charge is -2.01. The zero-order valence-corrected chi connectivity index (χ0v) is 8.51. The number of aromatic nitrogens is 1. The second kappa shape index (κ2) is 4.06. The molecule has 0 fully saturated rings. The first-order chi connectivity index (χ1) is 7.72. The van der Waals surface area contributed by atoms with Crippen LogP contribution in [0.2, 0.25) is 0 Å². The molecule has 0 bridgehead atoms. The van der Waals surface area contributed by atoms with Crippen LogP contribution in [0.4, 0.5) is 0 Å². The fourth-order valence-electron chi connectivity index (χ4n) is 1.35. The molecule has 0 aliphatic carbocycles. The highest BCUT2D eigenvalue weighted by Gasteiger charge is 2.16. The smallest absolute Gasteiger partial charge is 0.374 e. The summed E-state index contributed by atoms with van der Waals surface area (Å²) in [6.45, 7) is 0. The van der Waals surface area contributed by atoms with Gasteiger partial charge < -0.3 is 14.3 Å². The molecule has 1 heterocycles. The van der Waals surface area contributed by atoms with Gasteiger partial charge in [0, 0.05) is 5.56 Å². The fourth-order valence-corrected chi connectivity index (χ4v) is 1.35. The largest absolute Gasteiger partial charge is 0.497 e. The van der Waals surface area contributed by atoms with Gasteiger partial charge in [-0.25, -0.2) is 9.78 Å². The average Bonchev–Trinajstić information content (AvgIpc) is 2.78. The summed E-state index contributed by atoms with van der Waals surface area (Å²) < 4.78 is 9.80. The molecule has 0 atom stereocenters. The molecule has 16 heavy (non-hydrogen) atoms. The first-order valence-electron chi connectivity index (χ1n) is 4.53. The summed E-state index contributed by atoms with van der Waals surface area (Å²) in [7, 11) is 1.56. The molecular weight excluding hydrogens is 210 g/mol. The molecule has 82 valence electrons. The van der Waals surface area contributed by atoms with E-state index in [1.807, 2.05) is 0 Å². The van der Waals surface area contributed by atoms with Gasteiger partial charge in [-0.15, -0.1) is 0 Å². The first kappa shape index (κ1) is 10.2. The Hall–Kier alpha value is -2.30. The van der Waals surface area contributed by atoms with Crippen LogP contribution in [-0.4, -0.2) is 23.2 Å². The average molecular weight is 219 g/mol. The van der Waals surface area contributed by atoms with Crippen molar-refractivity contribution in [1.82, 2.24) is 4.98 Å². The summed E-state index contributed by atoms with van der Waals surface area (Å²) in [4.78, 5) is 14.7. The van der Waals surface area contributed by atoms with E-state index < -0.39 is 5.97 Å². The maximum Gasteiger partial charge on any atom is 0.374 e. The normalized spacial score (nSPS) is 10.1. The zero-order chi connectivity index (χ0) is 11.5. The molecule has 0 amide bonds. The van der Waals surface area contributed by atoms with Crippen molar-refractivity contribution < 1.29 is 19.1 Å². The van der Waals surface area contributed by atoms with Crippen molar-refractivity contribution in [2.45, 2.75) is 0 Å². The van der Waals surface area contributed by atoms with E-state index in [2.05, 4.69) is 4.98 Å². The lowest BCUT2D eigenvalue weighted by atomic mass is 10.1. The summed E-state index contributed by atoms with van der Waals surface area (Å²) in [5, 5.41) is 8.86. The Balaban J connectivity index is 2.42. The maximum absolute atomic E-state index is 10.8. The quantitative estimate of drug-likeness (QED) is 0.855. The molecule has 2 aromatic rings. The minimum absolute atomic E-state index is 0.162. The van der Waals surface area contributed by atoms with Crippen LogP contribution in [0.5, 0.6) is 5.75 Å². The predicted octanol–water partition coefficient (Wildman–Crippen LogP) is 2.05. The van der Waals surface area contributed by atoms with E-state index >= 15 is 0 Å². The molecule has 5 nitrogen and oxygen atoms in total. The van der Waals surface area contributed by atoms with Crippen LogP contribution in [0, 0.1) is 0 Å². The molecular formula is C11H9NO4. The Bertz CT molecular complexity index is 501. The van der Waals surface area contributed by atoms with Crippen LogP contribution in [0.1, 0.15) is 10.6 Å². The Kier molecular flexibility index (Phi) is 2.59. The number of carboxylic acids is 1. The van der Waals surface area contributed by atoms with Gasteiger partial charge in [0.2, 0.25) is 5.76 Å². The topological polar surface area (TPSA) is 72.6 Å². The Labute approximate surface area is 91.3 Å². The third kappa shape index (κ3) is 1.75. The lowest BCUT2D eigenvalue weighted by molar-refractivity contribution is 0.0663. The number of methoxy groups -OCH3 is 1. The van der Waals surface area contributed by atoms with Gasteiger partial charge in [0.15, 0.2) is 6.39 Å². The van der Waals surface area contributed by atoms with E-state index in [1.54, 1.807) is 31.4 Å². The fraction of sp³-hybridized carbons (Fsp3) is 0.0909. The molecule has 0 saturated heterocycles. The molecule has 1 aromatic heterocycles. The van der Waals surface area contributed by atoms with Crippen molar-refractivity contribution >= 4 is 5.97 Å². The molecule has 1 N–H and O–H groups in total. The predicted molar refractivity (Wildman–Crippen MR) is 55.5 cm³/mol. The van der Waals surface area contributed by atoms with E-state index in [-0.39, 0.29) is 5.76 Å². The number of hydrogen-bond acceptors (Lipinski definition) is 4. The highest BCUT2D eigenvalue weighted by atomic mass is 16.5. The Morgan fingerprint density at radius 3 is 2.62 bits per heavy atom. The van der Waals surface area contributed by atoms with Crippen molar-refractivity contribution in [3.8, 4) is 17.0 Å². The van der Waals surface area contributed by atoms with Gasteiger partial charge in [0.25, 0.3) is 0 Å². The second-order valence-corrected chi connectivity index (χ2v) is 3.06. The number of carbonyl (C=O) groups is 1. The molecule has 0 aliphatic rings. The third-order valence-corrected chi connectivity index (χ3v) is 2.13. The number of ether oxygens (including phenoxy) is 1. The molecule has 0 spiro atoms. The van der Waals surface area contributed by atoms with Gasteiger partial charge in [0.1, 0.15) is 11.4 Å². The number of carboxylic acid groups (broad SMARTS) is 1. The third-order valence-electron chi connectivity index (χ3n) is 2.13. The van der Waals surface area contributed by atoms with E-state index in [1.165, 1.54) is 0 Å². The van der Waals surface area contributed by atoms with Crippen molar-refractivity contribution in [2.75, 3.05) is 7.11 Å². The van der Waals surface area contributed by atoms with Gasteiger partial charge in [-0.1, -0.05) is 0 Å². The van der Waals surface area contributed by atoms with Crippen LogP contribution in [0.25, 0.3) is 11.3 Å². The first-order valence-corrected chi connectivity index (χ1v) is 4.53.